The van der Waals surface area contributed by atoms with E-state index in [4.69, 9.17) is 9.47 Å². The maximum absolute atomic E-state index is 6.08. The Hall–Kier alpha value is 0.380. The lowest BCUT2D eigenvalue weighted by Crippen LogP contribution is -2.60. The molecule has 0 aliphatic heterocycles. The second-order valence-electron chi connectivity index (χ2n) is 4.41. The largest absolute Gasteiger partial charge is 0.485 e. The molecule has 1 aliphatic rings. The second kappa shape index (κ2) is 6.89. The lowest BCUT2D eigenvalue weighted by molar-refractivity contribution is -0.103. The predicted octanol–water partition coefficient (Wildman–Crippen LogP) is 4.12. The fourth-order valence-electron chi connectivity index (χ4n) is 2.19. The van der Waals surface area contributed by atoms with E-state index >= 15 is 0 Å². The molecular formula is C13H16Br3NO2. The molecule has 0 heterocycles. The third kappa shape index (κ3) is 3.53. The van der Waals surface area contributed by atoms with E-state index < -0.39 is 0 Å². The van der Waals surface area contributed by atoms with Gasteiger partial charge in [-0.2, -0.15) is 0 Å². The number of rotatable bonds is 5. The van der Waals surface area contributed by atoms with Crippen molar-refractivity contribution in [1.29, 1.82) is 0 Å². The smallest absolute Gasteiger partial charge is 0.148 e. The molecule has 106 valence electrons. The van der Waals surface area contributed by atoms with Gasteiger partial charge >= 0.3 is 0 Å². The molecule has 6 heteroatoms. The zero-order chi connectivity index (χ0) is 14.0. The van der Waals surface area contributed by atoms with Crippen LogP contribution in [-0.4, -0.2) is 31.9 Å². The highest BCUT2D eigenvalue weighted by Crippen LogP contribution is 2.39. The minimum absolute atomic E-state index is 0.0891. The number of halogens is 3. The fraction of sp³-hybridized carbons (Fsp3) is 0.538. The highest BCUT2D eigenvalue weighted by molar-refractivity contribution is 9.11. The van der Waals surface area contributed by atoms with Crippen LogP contribution in [-0.2, 0) is 4.74 Å². The van der Waals surface area contributed by atoms with Crippen LogP contribution in [0.3, 0.4) is 0 Å². The normalized spacial score (nSPS) is 26.1. The Labute approximate surface area is 138 Å². The van der Waals surface area contributed by atoms with Crippen molar-refractivity contribution < 1.29 is 9.47 Å². The minimum Gasteiger partial charge on any atom is -0.485 e. The van der Waals surface area contributed by atoms with Crippen molar-refractivity contribution in [2.75, 3.05) is 13.7 Å². The Morgan fingerprint density at radius 3 is 2.42 bits per heavy atom. The molecule has 1 aromatic rings. The van der Waals surface area contributed by atoms with Crippen LogP contribution < -0.4 is 10.1 Å². The van der Waals surface area contributed by atoms with Gasteiger partial charge in [0, 0.05) is 23.5 Å². The molecule has 3 nitrogen and oxygen atoms in total. The first-order chi connectivity index (χ1) is 9.06. The van der Waals surface area contributed by atoms with Gasteiger partial charge in [0.25, 0.3) is 0 Å². The Morgan fingerprint density at radius 1 is 1.26 bits per heavy atom. The summed E-state index contributed by atoms with van der Waals surface area (Å²) in [6.45, 7) is 2.71. The Bertz CT molecular complexity index is 433. The van der Waals surface area contributed by atoms with Crippen LogP contribution in [0.4, 0.5) is 0 Å². The van der Waals surface area contributed by atoms with E-state index in [1.54, 1.807) is 0 Å². The summed E-state index contributed by atoms with van der Waals surface area (Å²) in [6.07, 6.45) is 1.15. The maximum atomic E-state index is 6.08. The molecule has 0 aromatic heterocycles. The van der Waals surface area contributed by atoms with E-state index in [2.05, 4.69) is 53.1 Å². The summed E-state index contributed by atoms with van der Waals surface area (Å²) in [4.78, 5) is 0. The molecular weight excluding hydrogens is 442 g/mol. The highest BCUT2D eigenvalue weighted by atomic mass is 79.9. The first-order valence-electron chi connectivity index (χ1n) is 6.16. The molecule has 19 heavy (non-hydrogen) atoms. The molecule has 3 atom stereocenters. The van der Waals surface area contributed by atoms with Crippen molar-refractivity contribution in [3.8, 4) is 5.75 Å². The number of benzene rings is 1. The topological polar surface area (TPSA) is 30.5 Å². The summed E-state index contributed by atoms with van der Waals surface area (Å²) in [5, 5.41) is 3.25. The van der Waals surface area contributed by atoms with E-state index in [0.29, 0.717) is 12.6 Å². The van der Waals surface area contributed by atoms with Crippen LogP contribution in [0.15, 0.2) is 25.6 Å². The van der Waals surface area contributed by atoms with Gasteiger partial charge in [-0.3, -0.25) is 0 Å². The van der Waals surface area contributed by atoms with E-state index in [0.717, 1.165) is 25.6 Å². The molecule has 1 fully saturated rings. The SMILES string of the molecule is CCOC1C(NC)CC1Oc1c(Br)cc(Br)cc1Br. The zero-order valence-corrected chi connectivity index (χ0v) is 15.5. The van der Waals surface area contributed by atoms with Crippen molar-refractivity contribution in [3.63, 3.8) is 0 Å². The Morgan fingerprint density at radius 2 is 1.89 bits per heavy atom. The average Bonchev–Trinajstić information content (AvgIpc) is 2.33. The van der Waals surface area contributed by atoms with Gasteiger partial charge < -0.3 is 14.8 Å². The lowest BCUT2D eigenvalue weighted by Gasteiger charge is -2.43. The van der Waals surface area contributed by atoms with Gasteiger partial charge in [-0.1, -0.05) is 15.9 Å². The molecule has 0 spiro atoms. The van der Waals surface area contributed by atoms with Gasteiger partial charge in [-0.15, -0.1) is 0 Å². The van der Waals surface area contributed by atoms with E-state index in [1.165, 1.54) is 0 Å². The highest BCUT2D eigenvalue weighted by Gasteiger charge is 2.43. The number of ether oxygens (including phenoxy) is 2. The van der Waals surface area contributed by atoms with Crippen molar-refractivity contribution in [2.45, 2.75) is 31.6 Å². The molecule has 1 N–H and O–H groups in total. The third-order valence-electron chi connectivity index (χ3n) is 3.21. The van der Waals surface area contributed by atoms with E-state index in [9.17, 15) is 0 Å². The van der Waals surface area contributed by atoms with Gasteiger partial charge in [0.2, 0.25) is 0 Å². The minimum atomic E-state index is 0.0891. The number of hydrogen-bond acceptors (Lipinski definition) is 3. The van der Waals surface area contributed by atoms with Gasteiger partial charge in [0.1, 0.15) is 18.0 Å². The number of hydrogen-bond donors (Lipinski definition) is 1. The summed E-state index contributed by atoms with van der Waals surface area (Å²) in [7, 11) is 1.96. The first kappa shape index (κ1) is 15.8. The molecule has 3 unspecified atom stereocenters. The average molecular weight is 458 g/mol. The van der Waals surface area contributed by atoms with Crippen LogP contribution >= 0.6 is 47.8 Å². The quantitative estimate of drug-likeness (QED) is 0.721. The number of likely N-dealkylation sites (N-methyl/N-ethyl adjacent to an activating group) is 1. The fourth-order valence-corrected chi connectivity index (χ4v) is 4.63. The van der Waals surface area contributed by atoms with Crippen molar-refractivity contribution in [3.05, 3.63) is 25.6 Å². The van der Waals surface area contributed by atoms with Gasteiger partial charge in [-0.25, -0.2) is 0 Å². The maximum Gasteiger partial charge on any atom is 0.148 e. The van der Waals surface area contributed by atoms with Crippen molar-refractivity contribution in [2.24, 2.45) is 0 Å². The first-order valence-corrected chi connectivity index (χ1v) is 8.54. The molecule has 0 amide bonds. The molecule has 1 saturated carbocycles. The van der Waals surface area contributed by atoms with Crippen LogP contribution in [0, 0.1) is 0 Å². The third-order valence-corrected chi connectivity index (χ3v) is 4.85. The zero-order valence-electron chi connectivity index (χ0n) is 10.8. The molecule has 1 aromatic carbocycles. The molecule has 0 radical (unpaired) electrons. The van der Waals surface area contributed by atoms with Gasteiger partial charge in [0.05, 0.1) is 8.95 Å². The summed E-state index contributed by atoms with van der Waals surface area (Å²) >= 11 is 10.5. The molecule has 1 aliphatic carbocycles. The van der Waals surface area contributed by atoms with Crippen LogP contribution in [0.25, 0.3) is 0 Å². The Balaban J connectivity index is 2.10. The van der Waals surface area contributed by atoms with Crippen LogP contribution in [0.5, 0.6) is 5.75 Å². The summed E-state index contributed by atoms with van der Waals surface area (Å²) in [5.74, 6) is 0.826. The number of nitrogens with one attached hydrogen (secondary N) is 1. The lowest BCUT2D eigenvalue weighted by atomic mass is 9.85. The van der Waals surface area contributed by atoms with Gasteiger partial charge in [0.15, 0.2) is 0 Å². The second-order valence-corrected chi connectivity index (χ2v) is 7.03. The molecule has 0 bridgehead atoms. The standard InChI is InChI=1S/C13H16Br3NO2/c1-3-18-13-10(17-2)6-11(13)19-12-8(15)4-7(14)5-9(12)16/h4-5,10-11,13,17H,3,6H2,1-2H3. The van der Waals surface area contributed by atoms with Crippen LogP contribution in [0.1, 0.15) is 13.3 Å². The van der Waals surface area contributed by atoms with E-state index in [1.807, 2.05) is 26.1 Å². The predicted molar refractivity (Wildman–Crippen MR) is 86.8 cm³/mol. The van der Waals surface area contributed by atoms with Gasteiger partial charge in [-0.05, 0) is 58.0 Å². The Kier molecular flexibility index (Phi) is 5.72. The van der Waals surface area contributed by atoms with Crippen LogP contribution in [0.2, 0.25) is 0 Å². The van der Waals surface area contributed by atoms with Crippen molar-refractivity contribution in [1.82, 2.24) is 5.32 Å². The molecule has 2 rings (SSSR count). The summed E-state index contributed by atoms with van der Waals surface area (Å²) in [5.41, 5.74) is 0. The van der Waals surface area contributed by atoms with E-state index in [-0.39, 0.29) is 12.2 Å². The summed E-state index contributed by atoms with van der Waals surface area (Å²) < 4.78 is 14.7. The van der Waals surface area contributed by atoms with Crippen molar-refractivity contribution >= 4 is 47.8 Å². The molecule has 0 saturated heterocycles. The summed E-state index contributed by atoms with van der Waals surface area (Å²) in [6, 6.07) is 4.33. The monoisotopic (exact) mass is 455 g/mol.